The van der Waals surface area contributed by atoms with Crippen molar-refractivity contribution in [1.82, 2.24) is 0 Å². The van der Waals surface area contributed by atoms with E-state index in [-0.39, 0.29) is 6.61 Å². The van der Waals surface area contributed by atoms with Crippen molar-refractivity contribution in [2.45, 2.75) is 20.5 Å². The fraction of sp³-hybridized carbons (Fsp3) is 0.231. The van der Waals surface area contributed by atoms with Gasteiger partial charge in [-0.1, -0.05) is 0 Å². The SMILES string of the molecule is Cc1cc2c(CO)c3oc(C)cc3c(Br)c2o1. The monoisotopic (exact) mass is 294 g/mol. The summed E-state index contributed by atoms with van der Waals surface area (Å²) in [6, 6.07) is 3.86. The van der Waals surface area contributed by atoms with Crippen molar-refractivity contribution in [3.63, 3.8) is 0 Å². The maximum atomic E-state index is 9.53. The van der Waals surface area contributed by atoms with Crippen LogP contribution in [-0.4, -0.2) is 5.11 Å². The van der Waals surface area contributed by atoms with E-state index in [1.54, 1.807) is 0 Å². The van der Waals surface area contributed by atoms with Crippen LogP contribution in [0.3, 0.4) is 0 Å². The molecule has 88 valence electrons. The third-order valence-corrected chi connectivity index (χ3v) is 3.69. The zero-order valence-electron chi connectivity index (χ0n) is 9.50. The number of furan rings is 2. The highest BCUT2D eigenvalue weighted by Crippen LogP contribution is 2.39. The minimum atomic E-state index is -0.0633. The first-order valence-electron chi connectivity index (χ1n) is 5.33. The van der Waals surface area contributed by atoms with Gasteiger partial charge in [-0.2, -0.15) is 0 Å². The van der Waals surface area contributed by atoms with Gasteiger partial charge in [0.2, 0.25) is 0 Å². The van der Waals surface area contributed by atoms with E-state index < -0.39 is 0 Å². The molecule has 2 aromatic heterocycles. The second kappa shape index (κ2) is 3.62. The Morgan fingerprint density at radius 3 is 2.29 bits per heavy atom. The molecule has 0 unspecified atom stereocenters. The van der Waals surface area contributed by atoms with E-state index in [9.17, 15) is 5.11 Å². The Morgan fingerprint density at radius 1 is 1.06 bits per heavy atom. The highest BCUT2D eigenvalue weighted by atomic mass is 79.9. The van der Waals surface area contributed by atoms with Crippen LogP contribution in [0.4, 0.5) is 0 Å². The predicted octanol–water partition coefficient (Wildman–Crippen LogP) is 4.05. The first kappa shape index (κ1) is 10.9. The van der Waals surface area contributed by atoms with Crippen molar-refractivity contribution in [3.05, 3.63) is 33.7 Å². The predicted molar refractivity (Wildman–Crippen MR) is 69.1 cm³/mol. The van der Waals surface area contributed by atoms with E-state index in [0.717, 1.165) is 43.5 Å². The Balaban J connectivity index is 2.60. The molecule has 17 heavy (non-hydrogen) atoms. The normalized spacial score (nSPS) is 11.8. The summed E-state index contributed by atoms with van der Waals surface area (Å²) < 4.78 is 12.2. The highest BCUT2D eigenvalue weighted by Gasteiger charge is 2.18. The molecule has 0 radical (unpaired) electrons. The lowest BCUT2D eigenvalue weighted by Gasteiger charge is -2.02. The van der Waals surface area contributed by atoms with Gasteiger partial charge in [0.25, 0.3) is 0 Å². The van der Waals surface area contributed by atoms with Crippen molar-refractivity contribution in [2.24, 2.45) is 0 Å². The van der Waals surface area contributed by atoms with Crippen LogP contribution in [-0.2, 0) is 6.61 Å². The van der Waals surface area contributed by atoms with E-state index in [4.69, 9.17) is 8.83 Å². The van der Waals surface area contributed by atoms with Crippen LogP contribution in [0.15, 0.2) is 25.4 Å². The minimum absolute atomic E-state index is 0.0633. The molecule has 0 atom stereocenters. The van der Waals surface area contributed by atoms with Crippen molar-refractivity contribution < 1.29 is 13.9 Å². The molecule has 1 N–H and O–H groups in total. The number of fused-ring (bicyclic) bond motifs is 2. The molecular weight excluding hydrogens is 284 g/mol. The summed E-state index contributed by atoms with van der Waals surface area (Å²) in [7, 11) is 0. The summed E-state index contributed by atoms with van der Waals surface area (Å²) in [5.74, 6) is 1.64. The second-order valence-electron chi connectivity index (χ2n) is 4.15. The fourth-order valence-electron chi connectivity index (χ4n) is 2.20. The van der Waals surface area contributed by atoms with Gasteiger partial charge >= 0.3 is 0 Å². The van der Waals surface area contributed by atoms with Gasteiger partial charge < -0.3 is 13.9 Å². The lowest BCUT2D eigenvalue weighted by atomic mass is 10.1. The number of hydrogen-bond donors (Lipinski definition) is 1. The van der Waals surface area contributed by atoms with Crippen LogP contribution in [0.5, 0.6) is 0 Å². The average Bonchev–Trinajstić information content (AvgIpc) is 2.83. The number of aliphatic hydroxyl groups is 1. The Bertz CT molecular complexity index is 663. The van der Waals surface area contributed by atoms with Crippen LogP contribution >= 0.6 is 15.9 Å². The molecule has 2 heterocycles. The maximum Gasteiger partial charge on any atom is 0.149 e. The summed E-state index contributed by atoms with van der Waals surface area (Å²) >= 11 is 3.54. The number of aliphatic hydroxyl groups excluding tert-OH is 1. The van der Waals surface area contributed by atoms with Gasteiger partial charge in [-0.25, -0.2) is 0 Å². The summed E-state index contributed by atoms with van der Waals surface area (Å²) in [6.45, 7) is 3.72. The van der Waals surface area contributed by atoms with Crippen LogP contribution in [0, 0.1) is 13.8 Å². The van der Waals surface area contributed by atoms with Gasteiger partial charge in [-0.3, -0.25) is 0 Å². The molecular formula is C13H11BrO3. The van der Waals surface area contributed by atoms with E-state index in [0.29, 0.717) is 0 Å². The summed E-state index contributed by atoms with van der Waals surface area (Å²) in [5, 5.41) is 11.4. The molecule has 4 heteroatoms. The first-order valence-corrected chi connectivity index (χ1v) is 6.12. The molecule has 0 fully saturated rings. The van der Waals surface area contributed by atoms with E-state index in [1.807, 2.05) is 26.0 Å². The van der Waals surface area contributed by atoms with Crippen molar-refractivity contribution >= 4 is 37.9 Å². The molecule has 1 aromatic carbocycles. The standard InChI is InChI=1S/C13H11BrO3/c1-6-3-8-10(5-15)12-9(4-7(2)16-12)11(14)13(8)17-6/h3-4,15H,5H2,1-2H3. The number of benzene rings is 1. The summed E-state index contributed by atoms with van der Waals surface area (Å²) in [6.07, 6.45) is 0. The zero-order chi connectivity index (χ0) is 12.2. The Morgan fingerprint density at radius 2 is 1.65 bits per heavy atom. The average molecular weight is 295 g/mol. The molecule has 3 nitrogen and oxygen atoms in total. The highest BCUT2D eigenvalue weighted by molar-refractivity contribution is 9.10. The third kappa shape index (κ3) is 1.44. The molecule has 0 aliphatic heterocycles. The molecule has 3 rings (SSSR count). The lowest BCUT2D eigenvalue weighted by Crippen LogP contribution is -1.86. The summed E-state index contributed by atoms with van der Waals surface area (Å²) in [5.41, 5.74) is 2.27. The quantitative estimate of drug-likeness (QED) is 0.736. The molecule has 0 saturated heterocycles. The number of rotatable bonds is 1. The molecule has 0 amide bonds. The molecule has 0 spiro atoms. The van der Waals surface area contributed by atoms with E-state index in [1.165, 1.54) is 0 Å². The molecule has 0 bridgehead atoms. The number of halogens is 1. The smallest absolute Gasteiger partial charge is 0.149 e. The largest absolute Gasteiger partial charge is 0.461 e. The van der Waals surface area contributed by atoms with Crippen molar-refractivity contribution in [1.29, 1.82) is 0 Å². The Hall–Kier alpha value is -1.26. The Labute approximate surface area is 106 Å². The molecule has 0 aliphatic rings. The van der Waals surface area contributed by atoms with Crippen LogP contribution < -0.4 is 0 Å². The van der Waals surface area contributed by atoms with Crippen LogP contribution in [0.2, 0.25) is 0 Å². The van der Waals surface area contributed by atoms with E-state index in [2.05, 4.69) is 15.9 Å². The third-order valence-electron chi connectivity index (χ3n) is 2.90. The van der Waals surface area contributed by atoms with Gasteiger partial charge in [-0.05, 0) is 41.9 Å². The second-order valence-corrected chi connectivity index (χ2v) is 4.94. The number of hydrogen-bond acceptors (Lipinski definition) is 3. The molecule has 0 saturated carbocycles. The van der Waals surface area contributed by atoms with Gasteiger partial charge in [0.05, 0.1) is 11.1 Å². The zero-order valence-corrected chi connectivity index (χ0v) is 11.1. The lowest BCUT2D eigenvalue weighted by molar-refractivity contribution is 0.283. The topological polar surface area (TPSA) is 46.5 Å². The fourth-order valence-corrected chi connectivity index (χ4v) is 2.79. The van der Waals surface area contributed by atoms with Crippen LogP contribution in [0.25, 0.3) is 21.9 Å². The Kier molecular flexibility index (Phi) is 2.31. The minimum Gasteiger partial charge on any atom is -0.461 e. The van der Waals surface area contributed by atoms with Gasteiger partial charge in [0.15, 0.2) is 0 Å². The maximum absolute atomic E-state index is 9.53. The molecule has 3 aromatic rings. The van der Waals surface area contributed by atoms with Crippen LogP contribution in [0.1, 0.15) is 17.1 Å². The van der Waals surface area contributed by atoms with Crippen molar-refractivity contribution in [3.8, 4) is 0 Å². The summed E-state index contributed by atoms with van der Waals surface area (Å²) in [4.78, 5) is 0. The molecule has 0 aliphatic carbocycles. The number of aryl methyl sites for hydroxylation is 2. The van der Waals surface area contributed by atoms with Gasteiger partial charge in [0, 0.05) is 16.3 Å². The van der Waals surface area contributed by atoms with E-state index >= 15 is 0 Å². The van der Waals surface area contributed by atoms with Crippen molar-refractivity contribution in [2.75, 3.05) is 0 Å². The van der Waals surface area contributed by atoms with Gasteiger partial charge in [-0.15, -0.1) is 0 Å². The first-order chi connectivity index (χ1) is 8.11. The van der Waals surface area contributed by atoms with Gasteiger partial charge in [0.1, 0.15) is 22.7 Å².